The lowest BCUT2D eigenvalue weighted by molar-refractivity contribution is -0.150. The number of hydrogen-bond donors (Lipinski definition) is 0. The van der Waals surface area contributed by atoms with Crippen molar-refractivity contribution in [3.8, 4) is 22.6 Å². The molecule has 2 heterocycles. The molecule has 2 aromatic heterocycles. The maximum Gasteiger partial charge on any atom is 0.347 e. The molecule has 0 fully saturated rings. The maximum absolute atomic E-state index is 13.2. The summed E-state index contributed by atoms with van der Waals surface area (Å²) in [5.74, 6) is 0.437. The largest absolute Gasteiger partial charge is 0.479 e. The van der Waals surface area contributed by atoms with E-state index in [1.165, 1.54) is 0 Å². The van der Waals surface area contributed by atoms with E-state index in [9.17, 15) is 9.59 Å². The lowest BCUT2D eigenvalue weighted by Gasteiger charge is -2.14. The van der Waals surface area contributed by atoms with Gasteiger partial charge in [0.05, 0.1) is 29.4 Å². The fourth-order valence-corrected chi connectivity index (χ4v) is 3.38. The predicted molar refractivity (Wildman–Crippen MR) is 117 cm³/mol. The second-order valence-corrected chi connectivity index (χ2v) is 7.04. The summed E-state index contributed by atoms with van der Waals surface area (Å²) in [5.41, 5.74) is 2.26. The number of benzene rings is 2. The topological polar surface area (TPSA) is 83.6 Å². The van der Waals surface area contributed by atoms with E-state index in [-0.39, 0.29) is 12.0 Å². The zero-order chi connectivity index (χ0) is 22.0. The van der Waals surface area contributed by atoms with E-state index >= 15 is 0 Å². The smallest absolute Gasteiger partial charge is 0.347 e. The average Bonchev–Trinajstić information content (AvgIpc) is 3.24. The van der Waals surface area contributed by atoms with Crippen molar-refractivity contribution in [2.24, 2.45) is 0 Å². The number of ether oxygens (including phenoxy) is 2. The molecule has 0 spiro atoms. The lowest BCUT2D eigenvalue weighted by atomic mass is 10.1. The van der Waals surface area contributed by atoms with Crippen LogP contribution in [0.5, 0.6) is 5.75 Å². The Kier molecular flexibility index (Phi) is 5.58. The van der Waals surface area contributed by atoms with Gasteiger partial charge in [0.25, 0.3) is 0 Å². The van der Waals surface area contributed by atoms with Gasteiger partial charge in [-0.3, -0.25) is 4.79 Å². The molecule has 0 bridgehead atoms. The van der Waals surface area contributed by atoms with Crippen molar-refractivity contribution in [2.75, 3.05) is 6.61 Å². The molecule has 4 rings (SSSR count). The number of carbonyl (C=O) groups is 1. The van der Waals surface area contributed by atoms with Crippen LogP contribution in [0.4, 0.5) is 0 Å². The van der Waals surface area contributed by atoms with Gasteiger partial charge < -0.3 is 13.9 Å². The van der Waals surface area contributed by atoms with Crippen molar-refractivity contribution in [3.63, 3.8) is 0 Å². The van der Waals surface area contributed by atoms with Crippen molar-refractivity contribution in [1.29, 1.82) is 0 Å². The first-order valence-electron chi connectivity index (χ1n) is 9.99. The van der Waals surface area contributed by atoms with Gasteiger partial charge in [-0.05, 0) is 45.0 Å². The molecule has 0 saturated heterocycles. The van der Waals surface area contributed by atoms with Crippen LogP contribution in [-0.4, -0.2) is 28.5 Å². The van der Waals surface area contributed by atoms with Crippen molar-refractivity contribution in [3.05, 3.63) is 76.9 Å². The fourth-order valence-electron chi connectivity index (χ4n) is 3.38. The third-order valence-electron chi connectivity index (χ3n) is 4.86. The van der Waals surface area contributed by atoms with Crippen molar-refractivity contribution in [2.45, 2.75) is 26.9 Å². The fraction of sp³-hybridized carbons (Fsp3) is 0.208. The minimum absolute atomic E-state index is 0.156. The standard InChI is InChI=1S/C24H22N2O5/c1-4-29-24(28)16(3)30-19-10-11-20-21(12-19)31-15(2)22(23(20)27)17-13-25-26(14-17)18-8-6-5-7-9-18/h5-14,16H,4H2,1-3H3. The molecule has 0 aliphatic rings. The molecular weight excluding hydrogens is 396 g/mol. The monoisotopic (exact) mass is 418 g/mol. The highest BCUT2D eigenvalue weighted by molar-refractivity contribution is 5.84. The summed E-state index contributed by atoms with van der Waals surface area (Å²) < 4.78 is 18.2. The lowest BCUT2D eigenvalue weighted by Crippen LogP contribution is -2.26. The Morgan fingerprint density at radius 3 is 2.71 bits per heavy atom. The minimum Gasteiger partial charge on any atom is -0.479 e. The Morgan fingerprint density at radius 1 is 1.19 bits per heavy atom. The normalized spacial score (nSPS) is 12.0. The first kappa shape index (κ1) is 20.4. The molecule has 4 aromatic rings. The molecule has 0 N–H and O–H groups in total. The van der Waals surface area contributed by atoms with E-state index in [1.807, 2.05) is 30.3 Å². The minimum atomic E-state index is -0.770. The Labute approximate surface area is 178 Å². The molecule has 158 valence electrons. The predicted octanol–water partition coefficient (Wildman–Crippen LogP) is 4.28. The van der Waals surface area contributed by atoms with Crippen LogP contribution in [0.25, 0.3) is 27.8 Å². The number of esters is 1. The number of aromatic nitrogens is 2. The van der Waals surface area contributed by atoms with E-state index < -0.39 is 12.1 Å². The molecule has 2 aromatic carbocycles. The molecule has 7 heteroatoms. The van der Waals surface area contributed by atoms with E-state index in [2.05, 4.69) is 5.10 Å². The number of nitrogens with zero attached hydrogens (tertiary/aromatic N) is 2. The van der Waals surface area contributed by atoms with E-state index in [0.717, 1.165) is 5.69 Å². The quantitative estimate of drug-likeness (QED) is 0.435. The van der Waals surface area contributed by atoms with Crippen LogP contribution in [0, 0.1) is 6.92 Å². The van der Waals surface area contributed by atoms with Gasteiger partial charge >= 0.3 is 5.97 Å². The van der Waals surface area contributed by atoms with Crippen LogP contribution in [0.2, 0.25) is 0 Å². The van der Waals surface area contributed by atoms with Gasteiger partial charge in [-0.25, -0.2) is 9.48 Å². The number of fused-ring (bicyclic) bond motifs is 1. The summed E-state index contributed by atoms with van der Waals surface area (Å²) in [4.78, 5) is 25.0. The first-order chi connectivity index (χ1) is 15.0. The molecule has 7 nitrogen and oxygen atoms in total. The molecule has 1 unspecified atom stereocenters. The SMILES string of the molecule is CCOC(=O)C(C)Oc1ccc2c(=O)c(-c3cnn(-c4ccccc4)c3)c(C)oc2c1. The number of rotatable bonds is 6. The van der Waals surface area contributed by atoms with Gasteiger partial charge in [-0.2, -0.15) is 5.10 Å². The first-order valence-corrected chi connectivity index (χ1v) is 9.99. The van der Waals surface area contributed by atoms with Gasteiger partial charge in [0.2, 0.25) is 5.43 Å². The Balaban J connectivity index is 1.69. The van der Waals surface area contributed by atoms with Crippen LogP contribution in [0.15, 0.2) is 70.1 Å². The second kappa shape index (κ2) is 8.47. The number of carbonyl (C=O) groups excluding carboxylic acids is 1. The summed E-state index contributed by atoms with van der Waals surface area (Å²) in [6, 6.07) is 14.5. The van der Waals surface area contributed by atoms with Gasteiger partial charge in [-0.15, -0.1) is 0 Å². The molecule has 0 aliphatic heterocycles. The third-order valence-corrected chi connectivity index (χ3v) is 4.86. The zero-order valence-electron chi connectivity index (χ0n) is 17.5. The number of para-hydroxylation sites is 1. The van der Waals surface area contributed by atoms with Crippen LogP contribution >= 0.6 is 0 Å². The van der Waals surface area contributed by atoms with Crippen LogP contribution in [0.1, 0.15) is 19.6 Å². The van der Waals surface area contributed by atoms with E-state index in [1.54, 1.807) is 56.0 Å². The van der Waals surface area contributed by atoms with Crippen molar-refractivity contribution in [1.82, 2.24) is 9.78 Å². The van der Waals surface area contributed by atoms with Crippen LogP contribution in [-0.2, 0) is 9.53 Å². The zero-order valence-corrected chi connectivity index (χ0v) is 17.5. The summed E-state index contributed by atoms with van der Waals surface area (Å²) in [6.07, 6.45) is 2.68. The highest BCUT2D eigenvalue weighted by Gasteiger charge is 2.18. The molecule has 0 aliphatic carbocycles. The van der Waals surface area contributed by atoms with Gasteiger partial charge in [-0.1, -0.05) is 18.2 Å². The van der Waals surface area contributed by atoms with Gasteiger partial charge in [0.15, 0.2) is 6.10 Å². The Morgan fingerprint density at radius 2 is 1.97 bits per heavy atom. The molecule has 0 saturated carbocycles. The van der Waals surface area contributed by atoms with Gasteiger partial charge in [0.1, 0.15) is 17.1 Å². The Hall–Kier alpha value is -3.87. The highest BCUT2D eigenvalue weighted by atomic mass is 16.6. The van der Waals surface area contributed by atoms with E-state index in [4.69, 9.17) is 13.9 Å². The average molecular weight is 418 g/mol. The van der Waals surface area contributed by atoms with Crippen molar-refractivity contribution >= 4 is 16.9 Å². The molecule has 31 heavy (non-hydrogen) atoms. The summed E-state index contributed by atoms with van der Waals surface area (Å²) >= 11 is 0. The molecule has 0 radical (unpaired) electrons. The third kappa shape index (κ3) is 4.07. The Bertz CT molecular complexity index is 1290. The van der Waals surface area contributed by atoms with E-state index in [0.29, 0.717) is 33.6 Å². The summed E-state index contributed by atoms with van der Waals surface area (Å²) in [7, 11) is 0. The summed E-state index contributed by atoms with van der Waals surface area (Å²) in [6.45, 7) is 5.36. The molecule has 1 atom stereocenters. The van der Waals surface area contributed by atoms with Crippen LogP contribution < -0.4 is 10.2 Å². The summed E-state index contributed by atoms with van der Waals surface area (Å²) in [5, 5.41) is 4.80. The molecular formula is C24H22N2O5. The van der Waals surface area contributed by atoms with Crippen LogP contribution in [0.3, 0.4) is 0 Å². The second-order valence-electron chi connectivity index (χ2n) is 7.04. The highest BCUT2D eigenvalue weighted by Crippen LogP contribution is 2.27. The van der Waals surface area contributed by atoms with Crippen molar-refractivity contribution < 1.29 is 18.7 Å². The molecule has 0 amide bonds. The number of hydrogen-bond acceptors (Lipinski definition) is 6. The van der Waals surface area contributed by atoms with Gasteiger partial charge in [0, 0.05) is 17.8 Å². The maximum atomic E-state index is 13.2. The number of aryl methyl sites for hydroxylation is 1.